The number of hydrogen-bond donors (Lipinski definition) is 2. The summed E-state index contributed by atoms with van der Waals surface area (Å²) in [5, 5.41) is 11.3. The van der Waals surface area contributed by atoms with Crippen LogP contribution in [0.15, 0.2) is 30.3 Å². The zero-order chi connectivity index (χ0) is 22.3. The number of halogens is 1. The standard InChI is InChI=1S/C19H21BrN2O7S/c1-18(2)12(13(23)24)22-15(26)19(20,16(22)30-18)11(14(25)28-3)21-17(27)29-9-10-7-5-4-6-8-10/h4-8,11-12,16H,9H2,1-3H3,(H,21,27)(H,23,24)/t11?,12-,16+,19?/m0/s1. The summed E-state index contributed by atoms with van der Waals surface area (Å²) < 4.78 is 7.59. The summed E-state index contributed by atoms with van der Waals surface area (Å²) in [6.45, 7) is 3.40. The summed E-state index contributed by atoms with van der Waals surface area (Å²) in [7, 11) is 1.13. The fraction of sp³-hybridized carbons (Fsp3) is 0.474. The van der Waals surface area contributed by atoms with Crippen molar-refractivity contribution in [3.63, 3.8) is 0 Å². The van der Waals surface area contributed by atoms with E-state index in [-0.39, 0.29) is 6.61 Å². The molecule has 1 aromatic carbocycles. The molecule has 0 aliphatic carbocycles. The highest BCUT2D eigenvalue weighted by Crippen LogP contribution is 2.59. The number of carbonyl (C=O) groups excluding carboxylic acids is 3. The number of alkyl halides is 1. The van der Waals surface area contributed by atoms with Crippen molar-refractivity contribution in [2.24, 2.45) is 0 Å². The number of thioether (sulfide) groups is 1. The molecule has 3 rings (SSSR count). The van der Waals surface area contributed by atoms with Gasteiger partial charge in [0.05, 0.1) is 7.11 Å². The Balaban J connectivity index is 1.79. The van der Waals surface area contributed by atoms with E-state index >= 15 is 0 Å². The third-order valence-corrected chi connectivity index (χ3v) is 8.28. The molecule has 1 aromatic rings. The number of ether oxygens (including phenoxy) is 2. The minimum atomic E-state index is -1.56. The van der Waals surface area contributed by atoms with Crippen LogP contribution in [-0.2, 0) is 30.5 Å². The van der Waals surface area contributed by atoms with Gasteiger partial charge in [-0.15, -0.1) is 11.8 Å². The maximum atomic E-state index is 13.0. The number of benzene rings is 1. The number of hydrogen-bond acceptors (Lipinski definition) is 7. The fourth-order valence-electron chi connectivity index (χ4n) is 3.65. The molecule has 2 unspecified atom stereocenters. The van der Waals surface area contributed by atoms with Crippen molar-refractivity contribution in [1.82, 2.24) is 10.2 Å². The van der Waals surface area contributed by atoms with Crippen LogP contribution in [-0.4, -0.2) is 67.6 Å². The molecule has 2 aliphatic rings. The second kappa shape index (κ2) is 8.10. The number of β-lactam (4-membered cyclic amide) rings is 1. The summed E-state index contributed by atoms with van der Waals surface area (Å²) in [5.41, 5.74) is 0.749. The predicted molar refractivity (Wildman–Crippen MR) is 111 cm³/mol. The fourth-order valence-corrected chi connectivity index (χ4v) is 6.31. The van der Waals surface area contributed by atoms with Gasteiger partial charge in [0.25, 0.3) is 0 Å². The van der Waals surface area contributed by atoms with Crippen molar-refractivity contribution in [1.29, 1.82) is 0 Å². The summed E-state index contributed by atoms with van der Waals surface area (Å²) in [4.78, 5) is 50.7. The SMILES string of the molecule is COC(=O)C(NC(=O)OCc1ccccc1)C1(Br)C(=O)N2[C@@H](C(=O)O)C(C)(C)S[C@@H]21. The Kier molecular flexibility index (Phi) is 6.06. The van der Waals surface area contributed by atoms with E-state index in [2.05, 4.69) is 21.2 Å². The van der Waals surface area contributed by atoms with Crippen molar-refractivity contribution < 1.29 is 33.8 Å². The number of amides is 2. The van der Waals surface area contributed by atoms with E-state index in [1.54, 1.807) is 38.1 Å². The lowest BCUT2D eigenvalue weighted by Gasteiger charge is -2.52. The Bertz CT molecular complexity index is 881. The van der Waals surface area contributed by atoms with E-state index in [9.17, 15) is 24.3 Å². The van der Waals surface area contributed by atoms with E-state index in [1.807, 2.05) is 6.07 Å². The monoisotopic (exact) mass is 500 g/mol. The molecule has 4 atom stereocenters. The van der Waals surface area contributed by atoms with E-state index in [0.717, 1.165) is 12.7 Å². The number of aliphatic carboxylic acids is 1. The average Bonchev–Trinajstić information content (AvgIpc) is 2.99. The topological polar surface area (TPSA) is 122 Å². The van der Waals surface area contributed by atoms with Crippen LogP contribution in [0.5, 0.6) is 0 Å². The first kappa shape index (κ1) is 22.4. The molecule has 0 bridgehead atoms. The molecule has 2 aliphatic heterocycles. The lowest BCUT2D eigenvalue weighted by Crippen LogP contribution is -2.78. The van der Waals surface area contributed by atoms with Gasteiger partial charge in [-0.25, -0.2) is 14.4 Å². The highest BCUT2D eigenvalue weighted by atomic mass is 79.9. The van der Waals surface area contributed by atoms with Crippen molar-refractivity contribution in [3.8, 4) is 0 Å². The summed E-state index contributed by atoms with van der Waals surface area (Å²) in [5.74, 6) is -2.60. The van der Waals surface area contributed by atoms with Crippen molar-refractivity contribution in [3.05, 3.63) is 35.9 Å². The highest BCUT2D eigenvalue weighted by molar-refractivity contribution is 9.10. The van der Waals surface area contributed by atoms with Gasteiger partial charge in [-0.1, -0.05) is 46.3 Å². The number of carbonyl (C=O) groups is 4. The Morgan fingerprint density at radius 3 is 2.50 bits per heavy atom. The summed E-state index contributed by atoms with van der Waals surface area (Å²) in [6, 6.07) is 6.48. The molecule has 11 heteroatoms. The number of fused-ring (bicyclic) bond motifs is 1. The minimum absolute atomic E-state index is 0.0256. The maximum absolute atomic E-state index is 13.0. The largest absolute Gasteiger partial charge is 0.480 e. The number of nitrogens with zero attached hydrogens (tertiary/aromatic N) is 1. The van der Waals surface area contributed by atoms with Crippen LogP contribution in [0.4, 0.5) is 4.79 Å². The van der Waals surface area contributed by atoms with Gasteiger partial charge in [0, 0.05) is 4.75 Å². The Hall–Kier alpha value is -2.27. The second-order valence-electron chi connectivity index (χ2n) is 7.46. The first-order chi connectivity index (χ1) is 14.0. The molecule has 0 radical (unpaired) electrons. The number of carboxylic acid groups (broad SMARTS) is 1. The maximum Gasteiger partial charge on any atom is 0.408 e. The molecule has 9 nitrogen and oxygen atoms in total. The normalized spacial score (nSPS) is 27.5. The molecular weight excluding hydrogens is 480 g/mol. The Morgan fingerprint density at radius 2 is 1.93 bits per heavy atom. The van der Waals surface area contributed by atoms with Crippen LogP contribution in [0, 0.1) is 0 Å². The first-order valence-electron chi connectivity index (χ1n) is 9.01. The molecule has 2 saturated heterocycles. The van der Waals surface area contributed by atoms with Crippen molar-refractivity contribution >= 4 is 51.6 Å². The van der Waals surface area contributed by atoms with Gasteiger partial charge in [-0.2, -0.15) is 0 Å². The van der Waals surface area contributed by atoms with Crippen molar-refractivity contribution in [2.45, 2.75) is 47.0 Å². The van der Waals surface area contributed by atoms with Crippen LogP contribution in [0.2, 0.25) is 0 Å². The molecular formula is C19H21BrN2O7S. The molecule has 30 heavy (non-hydrogen) atoms. The van der Waals surface area contributed by atoms with E-state index in [0.29, 0.717) is 0 Å². The Morgan fingerprint density at radius 1 is 1.30 bits per heavy atom. The zero-order valence-corrected chi connectivity index (χ0v) is 18.9. The Labute approximate surface area is 185 Å². The number of carboxylic acids is 1. The van der Waals surface area contributed by atoms with Gasteiger partial charge in [-0.3, -0.25) is 4.79 Å². The quantitative estimate of drug-likeness (QED) is 0.344. The average molecular weight is 501 g/mol. The lowest BCUT2D eigenvalue weighted by molar-refractivity contribution is -0.164. The van der Waals surface area contributed by atoms with Gasteiger partial charge in [0.15, 0.2) is 10.4 Å². The van der Waals surface area contributed by atoms with Crippen LogP contribution in [0.1, 0.15) is 19.4 Å². The molecule has 2 N–H and O–H groups in total. The van der Waals surface area contributed by atoms with Crippen LogP contribution < -0.4 is 5.32 Å². The van der Waals surface area contributed by atoms with Crippen LogP contribution in [0.25, 0.3) is 0 Å². The summed E-state index contributed by atoms with van der Waals surface area (Å²) >= 11 is 4.56. The number of alkyl carbamates (subject to hydrolysis) is 1. The van der Waals surface area contributed by atoms with Gasteiger partial charge in [0.1, 0.15) is 18.0 Å². The molecule has 0 aromatic heterocycles. The summed E-state index contributed by atoms with van der Waals surface area (Å²) in [6.07, 6.45) is -0.906. The van der Waals surface area contributed by atoms with Crippen LogP contribution in [0.3, 0.4) is 0 Å². The minimum Gasteiger partial charge on any atom is -0.480 e. The molecule has 162 valence electrons. The van der Waals surface area contributed by atoms with Gasteiger partial charge in [0.2, 0.25) is 5.91 Å². The first-order valence-corrected chi connectivity index (χ1v) is 10.7. The highest BCUT2D eigenvalue weighted by Gasteiger charge is 2.74. The second-order valence-corrected chi connectivity index (χ2v) is 10.5. The molecule has 2 fully saturated rings. The third-order valence-electron chi connectivity index (χ3n) is 5.09. The predicted octanol–water partition coefficient (Wildman–Crippen LogP) is 1.73. The van der Waals surface area contributed by atoms with Crippen LogP contribution >= 0.6 is 27.7 Å². The third kappa shape index (κ3) is 3.64. The molecule has 0 spiro atoms. The molecule has 2 amide bonds. The van der Waals surface area contributed by atoms with Gasteiger partial charge < -0.3 is 24.8 Å². The lowest BCUT2D eigenvalue weighted by atomic mass is 9.86. The number of nitrogens with one attached hydrogen (secondary N) is 1. The molecule has 0 saturated carbocycles. The number of rotatable bonds is 6. The van der Waals surface area contributed by atoms with Gasteiger partial charge >= 0.3 is 18.0 Å². The molecule has 2 heterocycles. The number of esters is 1. The van der Waals surface area contributed by atoms with E-state index in [4.69, 9.17) is 9.47 Å². The zero-order valence-electron chi connectivity index (χ0n) is 16.5. The number of methoxy groups -OCH3 is 1. The van der Waals surface area contributed by atoms with E-state index < -0.39 is 50.5 Å². The van der Waals surface area contributed by atoms with E-state index in [1.165, 1.54) is 16.7 Å². The smallest absolute Gasteiger partial charge is 0.408 e. The van der Waals surface area contributed by atoms with Gasteiger partial charge in [-0.05, 0) is 19.4 Å². The van der Waals surface area contributed by atoms with Crippen molar-refractivity contribution in [2.75, 3.05) is 7.11 Å².